The number of carbonyl (C=O) groups excluding carboxylic acids is 1. The van der Waals surface area contributed by atoms with Crippen molar-refractivity contribution in [1.29, 1.82) is 0 Å². The van der Waals surface area contributed by atoms with Gasteiger partial charge in [0.05, 0.1) is 5.75 Å². The van der Waals surface area contributed by atoms with Crippen LogP contribution in [0.4, 0.5) is 0 Å². The molecule has 0 N–H and O–H groups in total. The van der Waals surface area contributed by atoms with Gasteiger partial charge in [0.15, 0.2) is 4.80 Å². The van der Waals surface area contributed by atoms with Crippen LogP contribution in [0.5, 0.6) is 0 Å². The van der Waals surface area contributed by atoms with Crippen molar-refractivity contribution in [2.24, 2.45) is 12.0 Å². The van der Waals surface area contributed by atoms with E-state index in [0.29, 0.717) is 16.5 Å². The van der Waals surface area contributed by atoms with E-state index in [2.05, 4.69) is 51.7 Å². The Morgan fingerprint density at radius 3 is 2.83 bits per heavy atom. The molecule has 9 heteroatoms. The van der Waals surface area contributed by atoms with Crippen LogP contribution in [0.1, 0.15) is 11.1 Å². The molecule has 0 saturated heterocycles. The molecule has 0 aliphatic heterocycles. The fraction of sp³-hybridized carbons (Fsp3) is 0.267. The van der Waals surface area contributed by atoms with Crippen LogP contribution in [0, 0.1) is 6.92 Å². The van der Waals surface area contributed by atoms with Gasteiger partial charge in [0, 0.05) is 25.2 Å². The first-order valence-electron chi connectivity index (χ1n) is 7.24. The number of thioether (sulfide) groups is 1. The highest BCUT2D eigenvalue weighted by molar-refractivity contribution is 7.99. The van der Waals surface area contributed by atoms with Gasteiger partial charge >= 0.3 is 0 Å². The number of thiazole rings is 1. The first-order chi connectivity index (χ1) is 11.6. The molecule has 7 nitrogen and oxygen atoms in total. The van der Waals surface area contributed by atoms with Gasteiger partial charge in [-0.15, -0.1) is 16.4 Å². The van der Waals surface area contributed by atoms with Crippen molar-refractivity contribution in [3.8, 4) is 0 Å². The van der Waals surface area contributed by atoms with E-state index in [4.69, 9.17) is 0 Å². The fourth-order valence-corrected chi connectivity index (χ4v) is 3.39. The largest absolute Gasteiger partial charge is 0.319 e. The standard InChI is InChI=1S/C15H16N6OS2/c1-11-3-5-12(6-4-11)9-21-7-8-23-14(21)16-13(22)10-24-15-17-18-19-20(15)2/h3-8H,9-10H2,1-2H3. The maximum atomic E-state index is 12.1. The van der Waals surface area contributed by atoms with Gasteiger partial charge in [-0.05, 0) is 22.9 Å². The Bertz CT molecular complexity index is 893. The van der Waals surface area contributed by atoms with Gasteiger partial charge in [0.2, 0.25) is 5.16 Å². The average molecular weight is 360 g/mol. The number of aromatic nitrogens is 5. The highest BCUT2D eigenvalue weighted by atomic mass is 32.2. The third kappa shape index (κ3) is 4.18. The number of nitrogens with zero attached hydrogens (tertiary/aromatic N) is 6. The molecule has 2 aromatic heterocycles. The summed E-state index contributed by atoms with van der Waals surface area (Å²) in [6.45, 7) is 2.75. The number of carbonyl (C=O) groups is 1. The zero-order valence-electron chi connectivity index (χ0n) is 13.3. The molecule has 0 radical (unpaired) electrons. The molecule has 24 heavy (non-hydrogen) atoms. The molecular weight excluding hydrogens is 344 g/mol. The van der Waals surface area contributed by atoms with Gasteiger partial charge in [-0.2, -0.15) is 4.99 Å². The van der Waals surface area contributed by atoms with Crippen molar-refractivity contribution in [3.05, 3.63) is 51.8 Å². The third-order valence-corrected chi connectivity index (χ3v) is 5.05. The zero-order valence-corrected chi connectivity index (χ0v) is 14.9. The smallest absolute Gasteiger partial charge is 0.258 e. The second kappa shape index (κ2) is 7.54. The number of amides is 1. The van der Waals surface area contributed by atoms with E-state index in [1.807, 2.05) is 16.1 Å². The molecule has 0 atom stereocenters. The normalized spacial score (nSPS) is 11.8. The van der Waals surface area contributed by atoms with Crippen molar-refractivity contribution in [2.75, 3.05) is 5.75 Å². The van der Waals surface area contributed by atoms with E-state index in [1.54, 1.807) is 7.05 Å². The maximum absolute atomic E-state index is 12.1. The predicted octanol–water partition coefficient (Wildman–Crippen LogP) is 1.65. The summed E-state index contributed by atoms with van der Waals surface area (Å²) < 4.78 is 3.50. The average Bonchev–Trinajstić information content (AvgIpc) is 3.17. The summed E-state index contributed by atoms with van der Waals surface area (Å²) >= 11 is 2.72. The Morgan fingerprint density at radius 1 is 1.33 bits per heavy atom. The minimum absolute atomic E-state index is 0.205. The lowest BCUT2D eigenvalue weighted by atomic mass is 10.1. The second-order valence-corrected chi connectivity index (χ2v) is 6.99. The molecule has 0 aliphatic rings. The molecular formula is C15H16N6OS2. The number of hydrogen-bond acceptors (Lipinski definition) is 6. The van der Waals surface area contributed by atoms with E-state index in [9.17, 15) is 4.79 Å². The minimum Gasteiger partial charge on any atom is -0.319 e. The molecule has 3 aromatic rings. The van der Waals surface area contributed by atoms with Crippen LogP contribution < -0.4 is 4.80 Å². The summed E-state index contributed by atoms with van der Waals surface area (Å²) in [5.41, 5.74) is 2.40. The fourth-order valence-electron chi connectivity index (χ4n) is 2.01. The quantitative estimate of drug-likeness (QED) is 0.647. The first-order valence-corrected chi connectivity index (χ1v) is 9.10. The highest BCUT2D eigenvalue weighted by Gasteiger charge is 2.07. The molecule has 124 valence electrons. The molecule has 0 unspecified atom stereocenters. The highest BCUT2D eigenvalue weighted by Crippen LogP contribution is 2.12. The Kier molecular flexibility index (Phi) is 5.21. The Hall–Kier alpha value is -2.26. The number of benzene rings is 1. The van der Waals surface area contributed by atoms with Gasteiger partial charge in [0.1, 0.15) is 0 Å². The van der Waals surface area contributed by atoms with Gasteiger partial charge in [-0.1, -0.05) is 41.6 Å². The summed E-state index contributed by atoms with van der Waals surface area (Å²) in [4.78, 5) is 17.0. The summed E-state index contributed by atoms with van der Waals surface area (Å²) in [5.74, 6) is -0.000452. The summed E-state index contributed by atoms with van der Waals surface area (Å²) in [6.07, 6.45) is 1.94. The van der Waals surface area contributed by atoms with Crippen LogP contribution in [-0.2, 0) is 18.4 Å². The van der Waals surface area contributed by atoms with Crippen molar-refractivity contribution < 1.29 is 4.79 Å². The van der Waals surface area contributed by atoms with Gasteiger partial charge < -0.3 is 4.57 Å². The van der Waals surface area contributed by atoms with Gasteiger partial charge in [0.25, 0.3) is 5.91 Å². The Morgan fingerprint density at radius 2 is 2.12 bits per heavy atom. The summed E-state index contributed by atoms with van der Waals surface area (Å²) in [6, 6.07) is 8.33. The molecule has 2 heterocycles. The topological polar surface area (TPSA) is 78.0 Å². The number of aryl methyl sites for hydroxylation is 2. The SMILES string of the molecule is Cc1ccc(Cn2ccsc2=NC(=O)CSc2nnnn2C)cc1. The molecule has 0 aliphatic carbocycles. The zero-order chi connectivity index (χ0) is 16.9. The maximum Gasteiger partial charge on any atom is 0.258 e. The molecule has 0 bridgehead atoms. The van der Waals surface area contributed by atoms with Crippen LogP contribution in [-0.4, -0.2) is 36.4 Å². The van der Waals surface area contributed by atoms with E-state index in [0.717, 1.165) is 0 Å². The third-order valence-electron chi connectivity index (χ3n) is 3.26. The number of hydrogen-bond donors (Lipinski definition) is 0. The van der Waals surface area contributed by atoms with Crippen LogP contribution in [0.25, 0.3) is 0 Å². The van der Waals surface area contributed by atoms with E-state index < -0.39 is 0 Å². The molecule has 1 amide bonds. The van der Waals surface area contributed by atoms with Crippen molar-refractivity contribution in [2.45, 2.75) is 18.6 Å². The van der Waals surface area contributed by atoms with Crippen LogP contribution in [0.3, 0.4) is 0 Å². The molecule has 0 spiro atoms. The molecule has 1 aromatic carbocycles. The Balaban J connectivity index is 1.69. The molecule has 0 fully saturated rings. The minimum atomic E-state index is -0.205. The monoisotopic (exact) mass is 360 g/mol. The van der Waals surface area contributed by atoms with Crippen LogP contribution in [0.15, 0.2) is 46.0 Å². The van der Waals surface area contributed by atoms with Gasteiger partial charge in [-0.25, -0.2) is 4.68 Å². The number of rotatable bonds is 5. The Labute approximate surface area is 147 Å². The van der Waals surface area contributed by atoms with Gasteiger partial charge in [-0.3, -0.25) is 4.79 Å². The van der Waals surface area contributed by atoms with Crippen LogP contribution in [0.2, 0.25) is 0 Å². The summed E-state index contributed by atoms with van der Waals surface area (Å²) in [7, 11) is 1.73. The van der Waals surface area contributed by atoms with E-state index >= 15 is 0 Å². The van der Waals surface area contributed by atoms with E-state index in [1.165, 1.54) is 38.9 Å². The van der Waals surface area contributed by atoms with E-state index in [-0.39, 0.29) is 11.7 Å². The first kappa shape index (κ1) is 16.6. The van der Waals surface area contributed by atoms with Crippen molar-refractivity contribution >= 4 is 29.0 Å². The van der Waals surface area contributed by atoms with Crippen molar-refractivity contribution in [3.63, 3.8) is 0 Å². The lowest BCUT2D eigenvalue weighted by molar-refractivity contribution is -0.115. The van der Waals surface area contributed by atoms with Crippen molar-refractivity contribution in [1.82, 2.24) is 24.8 Å². The lowest BCUT2D eigenvalue weighted by Gasteiger charge is -2.03. The number of tetrazole rings is 1. The predicted molar refractivity (Wildman–Crippen MR) is 92.7 cm³/mol. The molecule has 0 saturated carbocycles. The summed E-state index contributed by atoms with van der Waals surface area (Å²) in [5, 5.41) is 13.6. The molecule has 3 rings (SSSR count). The lowest BCUT2D eigenvalue weighted by Crippen LogP contribution is -2.17. The van der Waals surface area contributed by atoms with Crippen LogP contribution >= 0.6 is 23.1 Å². The second-order valence-electron chi connectivity index (χ2n) is 5.18.